The van der Waals surface area contributed by atoms with Gasteiger partial charge in [0.2, 0.25) is 0 Å². The molecule has 0 spiro atoms. The fraction of sp³-hybridized carbons (Fsp3) is 0. The monoisotopic (exact) mass is 266 g/mol. The van der Waals surface area contributed by atoms with E-state index in [1.807, 2.05) is 6.07 Å². The molecule has 0 unspecified atom stereocenters. The Hall–Kier alpha value is -2.95. The van der Waals surface area contributed by atoms with Crippen LogP contribution < -0.4 is 10.6 Å². The number of amides is 2. The van der Waals surface area contributed by atoms with Crippen molar-refractivity contribution in [1.29, 1.82) is 0 Å². The summed E-state index contributed by atoms with van der Waals surface area (Å²) < 4.78 is 0. The van der Waals surface area contributed by atoms with E-state index in [1.165, 1.54) is 0 Å². The quantitative estimate of drug-likeness (QED) is 0.817. The smallest absolute Gasteiger partial charge is 0.296 e. The molecule has 5 heteroatoms. The lowest BCUT2D eigenvalue weighted by atomic mass is 10.1. The molecule has 0 radical (unpaired) electrons. The van der Waals surface area contributed by atoms with E-state index in [4.69, 9.17) is 0 Å². The molecule has 1 heterocycles. The molecule has 0 fully saturated rings. The fourth-order valence-corrected chi connectivity index (χ4v) is 2.06. The Bertz CT molecular complexity index is 723. The van der Waals surface area contributed by atoms with E-state index in [9.17, 15) is 14.4 Å². The highest BCUT2D eigenvalue weighted by molar-refractivity contribution is 6.52. The van der Waals surface area contributed by atoms with Crippen LogP contribution >= 0.6 is 0 Å². The number of fused-ring (bicyclic) bond motifs is 1. The molecule has 0 saturated carbocycles. The van der Waals surface area contributed by atoms with Crippen LogP contribution in [0.1, 0.15) is 20.7 Å². The first-order valence-electron chi connectivity index (χ1n) is 6.02. The summed E-state index contributed by atoms with van der Waals surface area (Å²) in [5.41, 5.74) is 1.55. The molecule has 1 aliphatic rings. The van der Waals surface area contributed by atoms with Crippen LogP contribution in [0.25, 0.3) is 0 Å². The van der Waals surface area contributed by atoms with Crippen molar-refractivity contribution >= 4 is 29.0 Å². The summed E-state index contributed by atoms with van der Waals surface area (Å²) in [7, 11) is 0. The van der Waals surface area contributed by atoms with Crippen molar-refractivity contribution in [3.8, 4) is 0 Å². The molecule has 20 heavy (non-hydrogen) atoms. The van der Waals surface area contributed by atoms with Crippen molar-refractivity contribution in [3.63, 3.8) is 0 Å². The van der Waals surface area contributed by atoms with Crippen molar-refractivity contribution in [2.75, 3.05) is 10.6 Å². The highest BCUT2D eigenvalue weighted by atomic mass is 16.2. The molecular weight excluding hydrogens is 256 g/mol. The van der Waals surface area contributed by atoms with Gasteiger partial charge in [-0.2, -0.15) is 0 Å². The Morgan fingerprint density at radius 1 is 0.950 bits per heavy atom. The first-order chi connectivity index (χ1) is 9.66. The lowest BCUT2D eigenvalue weighted by Gasteiger charge is -2.09. The predicted molar refractivity (Wildman–Crippen MR) is 73.8 cm³/mol. The summed E-state index contributed by atoms with van der Waals surface area (Å²) in [6.45, 7) is 0. The van der Waals surface area contributed by atoms with Crippen molar-refractivity contribution in [2.24, 2.45) is 0 Å². The largest absolute Gasteiger partial charge is 0.320 e. The zero-order chi connectivity index (χ0) is 14.1. The fourth-order valence-electron chi connectivity index (χ4n) is 2.06. The SMILES string of the molecule is O=C1Nc2c(NC(=O)c3ccccc3)cccc2C1=O. The molecule has 98 valence electrons. The van der Waals surface area contributed by atoms with Crippen LogP contribution in [0.4, 0.5) is 11.4 Å². The standard InChI is InChI=1S/C15H10N2O3/c18-13-10-7-4-8-11(12(10)17-15(13)20)16-14(19)9-5-2-1-3-6-9/h1-8H,(H,16,19)(H,17,18,20). The van der Waals surface area contributed by atoms with Crippen LogP contribution in [0, 0.1) is 0 Å². The van der Waals surface area contributed by atoms with Gasteiger partial charge in [0.25, 0.3) is 17.6 Å². The van der Waals surface area contributed by atoms with Crippen molar-refractivity contribution in [2.45, 2.75) is 0 Å². The second-order valence-electron chi connectivity index (χ2n) is 4.33. The molecule has 2 aromatic carbocycles. The van der Waals surface area contributed by atoms with E-state index in [0.29, 0.717) is 16.9 Å². The molecule has 0 atom stereocenters. The molecule has 5 nitrogen and oxygen atoms in total. The van der Waals surface area contributed by atoms with Gasteiger partial charge in [0, 0.05) is 5.56 Å². The van der Waals surface area contributed by atoms with E-state index < -0.39 is 11.7 Å². The Kier molecular flexibility index (Phi) is 2.80. The van der Waals surface area contributed by atoms with Gasteiger partial charge in [0.1, 0.15) is 0 Å². The molecule has 0 aromatic heterocycles. The van der Waals surface area contributed by atoms with Gasteiger partial charge in [-0.1, -0.05) is 24.3 Å². The second kappa shape index (κ2) is 4.62. The first-order valence-corrected chi connectivity index (χ1v) is 6.02. The Balaban J connectivity index is 1.92. The number of nitrogens with one attached hydrogen (secondary N) is 2. The third kappa shape index (κ3) is 1.95. The van der Waals surface area contributed by atoms with Gasteiger partial charge in [-0.3, -0.25) is 14.4 Å². The molecule has 3 rings (SSSR count). The summed E-state index contributed by atoms with van der Waals surface area (Å²) in [6, 6.07) is 13.5. The van der Waals surface area contributed by atoms with Gasteiger partial charge >= 0.3 is 0 Å². The summed E-state index contributed by atoms with van der Waals surface area (Å²) >= 11 is 0. The second-order valence-corrected chi connectivity index (χ2v) is 4.33. The van der Waals surface area contributed by atoms with Gasteiger partial charge < -0.3 is 10.6 Å². The maximum atomic E-state index is 12.1. The number of carbonyl (C=O) groups is 3. The number of ketones is 1. The minimum Gasteiger partial charge on any atom is -0.320 e. The van der Waals surface area contributed by atoms with Crippen LogP contribution in [-0.2, 0) is 4.79 Å². The van der Waals surface area contributed by atoms with Gasteiger partial charge in [-0.05, 0) is 24.3 Å². The molecule has 2 amide bonds. The van der Waals surface area contributed by atoms with Gasteiger partial charge in [-0.15, -0.1) is 0 Å². The minimum absolute atomic E-state index is 0.279. The third-order valence-corrected chi connectivity index (χ3v) is 3.04. The van der Waals surface area contributed by atoms with E-state index in [2.05, 4.69) is 10.6 Å². The average Bonchev–Trinajstić information content (AvgIpc) is 2.77. The summed E-state index contributed by atoms with van der Waals surface area (Å²) in [5.74, 6) is -1.56. The maximum Gasteiger partial charge on any atom is 0.296 e. The van der Waals surface area contributed by atoms with Crippen molar-refractivity contribution < 1.29 is 14.4 Å². The highest BCUT2D eigenvalue weighted by Gasteiger charge is 2.30. The average molecular weight is 266 g/mol. The normalized spacial score (nSPS) is 12.8. The number of Topliss-reactive ketones (excluding diaryl/α,β-unsaturated/α-hetero) is 1. The van der Waals surface area contributed by atoms with Crippen LogP contribution in [0.2, 0.25) is 0 Å². The number of hydrogen-bond donors (Lipinski definition) is 2. The predicted octanol–water partition coefficient (Wildman–Crippen LogP) is 2.07. The molecule has 2 aromatic rings. The zero-order valence-corrected chi connectivity index (χ0v) is 10.3. The van der Waals surface area contributed by atoms with Gasteiger partial charge in [0.15, 0.2) is 0 Å². The van der Waals surface area contributed by atoms with E-state index in [0.717, 1.165) is 0 Å². The number of benzene rings is 2. The molecule has 0 aliphatic carbocycles. The number of carbonyl (C=O) groups excluding carboxylic acids is 3. The van der Waals surface area contributed by atoms with Crippen molar-refractivity contribution in [1.82, 2.24) is 0 Å². The Morgan fingerprint density at radius 3 is 2.45 bits per heavy atom. The lowest BCUT2D eigenvalue weighted by Crippen LogP contribution is -2.14. The van der Waals surface area contributed by atoms with Gasteiger partial charge in [-0.25, -0.2) is 0 Å². The van der Waals surface area contributed by atoms with E-state index >= 15 is 0 Å². The van der Waals surface area contributed by atoms with Crippen LogP contribution in [-0.4, -0.2) is 17.6 Å². The number of rotatable bonds is 2. The lowest BCUT2D eigenvalue weighted by molar-refractivity contribution is -0.112. The minimum atomic E-state index is -0.679. The molecule has 2 N–H and O–H groups in total. The molecule has 1 aliphatic heterocycles. The maximum absolute atomic E-state index is 12.1. The summed E-state index contributed by atoms with van der Waals surface area (Å²) in [5, 5.41) is 5.16. The molecule has 0 saturated heterocycles. The Morgan fingerprint density at radius 2 is 1.70 bits per heavy atom. The van der Waals surface area contributed by atoms with E-state index in [1.54, 1.807) is 42.5 Å². The van der Waals surface area contributed by atoms with Crippen molar-refractivity contribution in [3.05, 3.63) is 59.7 Å². The number of anilines is 2. The topological polar surface area (TPSA) is 75.3 Å². The zero-order valence-electron chi connectivity index (χ0n) is 10.3. The molecular formula is C15H10N2O3. The van der Waals surface area contributed by atoms with Crippen LogP contribution in [0.15, 0.2) is 48.5 Å². The van der Waals surface area contributed by atoms with Crippen LogP contribution in [0.5, 0.6) is 0 Å². The summed E-state index contributed by atoms with van der Waals surface area (Å²) in [6.07, 6.45) is 0. The highest BCUT2D eigenvalue weighted by Crippen LogP contribution is 2.31. The van der Waals surface area contributed by atoms with E-state index in [-0.39, 0.29) is 11.5 Å². The third-order valence-electron chi connectivity index (χ3n) is 3.04. The van der Waals surface area contributed by atoms with Crippen LogP contribution in [0.3, 0.4) is 0 Å². The summed E-state index contributed by atoms with van der Waals surface area (Å²) in [4.78, 5) is 35.0. The Labute approximate surface area is 114 Å². The number of hydrogen-bond acceptors (Lipinski definition) is 3. The first kappa shape index (κ1) is 12.1. The van der Waals surface area contributed by atoms with Gasteiger partial charge in [0.05, 0.1) is 16.9 Å². The molecule has 0 bridgehead atoms. The number of para-hydroxylation sites is 1.